The quantitative estimate of drug-likeness (QED) is 0.853. The van der Waals surface area contributed by atoms with Crippen LogP contribution in [0.3, 0.4) is 0 Å². The van der Waals surface area contributed by atoms with Crippen molar-refractivity contribution >= 4 is 35.0 Å². The van der Waals surface area contributed by atoms with E-state index in [1.165, 1.54) is 17.3 Å². The van der Waals surface area contributed by atoms with Crippen LogP contribution >= 0.6 is 11.8 Å². The van der Waals surface area contributed by atoms with E-state index in [4.69, 9.17) is 0 Å². The molecule has 1 saturated heterocycles. The summed E-state index contributed by atoms with van der Waals surface area (Å²) >= 11 is 1.46. The molecule has 6 heteroatoms. The molecule has 0 aliphatic carbocycles. The smallest absolute Gasteiger partial charge is 0.232 e. The monoisotopic (exact) mass is 381 g/mol. The molecular formula is C21H23N3O2S. The maximum absolute atomic E-state index is 13.2. The number of carbonyl (C=O) groups is 2. The number of hydrogen-bond acceptors (Lipinski definition) is 4. The van der Waals surface area contributed by atoms with Gasteiger partial charge in [0.25, 0.3) is 0 Å². The summed E-state index contributed by atoms with van der Waals surface area (Å²) < 4.78 is 0. The highest BCUT2D eigenvalue weighted by Gasteiger charge is 2.42. The third kappa shape index (κ3) is 3.67. The standard InChI is InChI=1S/C21H23N3O2S/c1-15-7-2-4-10-17(15)22-21(23-19(25)14-27-21)13-20(26)24-12-6-9-16-8-3-5-11-18(16)24/h2-5,7-8,10-11,22H,6,9,12-14H2,1H3,(H,23,25). The fourth-order valence-corrected chi connectivity index (χ4v) is 4.77. The predicted molar refractivity (Wildman–Crippen MR) is 110 cm³/mol. The van der Waals surface area contributed by atoms with Gasteiger partial charge in [-0.25, -0.2) is 0 Å². The second-order valence-electron chi connectivity index (χ2n) is 7.06. The lowest BCUT2D eigenvalue weighted by Gasteiger charge is -2.35. The number of hydrogen-bond donors (Lipinski definition) is 2. The molecule has 0 bridgehead atoms. The number of amides is 2. The Labute approximate surface area is 163 Å². The van der Waals surface area contributed by atoms with Crippen molar-refractivity contribution in [2.75, 3.05) is 22.5 Å². The fraction of sp³-hybridized carbons (Fsp3) is 0.333. The molecule has 2 aromatic rings. The summed E-state index contributed by atoms with van der Waals surface area (Å²) in [4.78, 5) is 26.3. The van der Waals surface area contributed by atoms with E-state index in [0.717, 1.165) is 36.3 Å². The first-order valence-electron chi connectivity index (χ1n) is 9.23. The van der Waals surface area contributed by atoms with Crippen molar-refractivity contribution in [2.45, 2.75) is 31.2 Å². The van der Waals surface area contributed by atoms with Gasteiger partial charge in [0, 0.05) is 17.9 Å². The van der Waals surface area contributed by atoms with Crippen molar-refractivity contribution in [2.24, 2.45) is 0 Å². The van der Waals surface area contributed by atoms with Crippen LogP contribution in [0.15, 0.2) is 48.5 Å². The molecule has 2 amide bonds. The van der Waals surface area contributed by atoms with Crippen LogP contribution < -0.4 is 15.5 Å². The highest BCUT2D eigenvalue weighted by molar-refractivity contribution is 8.01. The minimum atomic E-state index is -0.813. The highest BCUT2D eigenvalue weighted by Crippen LogP contribution is 2.36. The molecule has 140 valence electrons. The van der Waals surface area contributed by atoms with Gasteiger partial charge in [0.05, 0.1) is 12.2 Å². The molecule has 0 aromatic heterocycles. The molecule has 2 aromatic carbocycles. The predicted octanol–water partition coefficient (Wildman–Crippen LogP) is 3.29. The van der Waals surface area contributed by atoms with Gasteiger partial charge in [-0.05, 0) is 43.0 Å². The third-order valence-electron chi connectivity index (χ3n) is 5.08. The zero-order valence-corrected chi connectivity index (χ0v) is 16.1. The van der Waals surface area contributed by atoms with Gasteiger partial charge in [0.15, 0.2) is 4.99 Å². The Morgan fingerprint density at radius 2 is 2.00 bits per heavy atom. The number of nitrogens with zero attached hydrogens (tertiary/aromatic N) is 1. The SMILES string of the molecule is Cc1ccccc1NC1(CC(=O)N2CCCc3ccccc32)NC(=O)CS1. The zero-order chi connectivity index (χ0) is 18.9. The number of carbonyl (C=O) groups excluding carboxylic acids is 2. The van der Waals surface area contributed by atoms with Crippen molar-refractivity contribution in [1.29, 1.82) is 0 Å². The molecular weight excluding hydrogens is 358 g/mol. The summed E-state index contributed by atoms with van der Waals surface area (Å²) in [5.41, 5.74) is 4.21. The van der Waals surface area contributed by atoms with Gasteiger partial charge >= 0.3 is 0 Å². The van der Waals surface area contributed by atoms with Crippen molar-refractivity contribution in [3.05, 3.63) is 59.7 Å². The number of thioether (sulfide) groups is 1. The number of aryl methyl sites for hydroxylation is 2. The molecule has 1 fully saturated rings. The first-order chi connectivity index (χ1) is 13.1. The van der Waals surface area contributed by atoms with Crippen LogP contribution in [0.25, 0.3) is 0 Å². The number of para-hydroxylation sites is 2. The van der Waals surface area contributed by atoms with E-state index < -0.39 is 4.99 Å². The van der Waals surface area contributed by atoms with Gasteiger partial charge in [-0.2, -0.15) is 0 Å². The summed E-state index contributed by atoms with van der Waals surface area (Å²) in [5.74, 6) is 0.328. The van der Waals surface area contributed by atoms with Crippen LogP contribution in [0.1, 0.15) is 24.0 Å². The van der Waals surface area contributed by atoms with Gasteiger partial charge in [0.1, 0.15) is 0 Å². The number of benzene rings is 2. The third-order valence-corrected chi connectivity index (χ3v) is 6.33. The summed E-state index contributed by atoms with van der Waals surface area (Å²) in [6, 6.07) is 16.0. The fourth-order valence-electron chi connectivity index (χ4n) is 3.72. The van der Waals surface area contributed by atoms with Crippen molar-refractivity contribution in [3.8, 4) is 0 Å². The van der Waals surface area contributed by atoms with Crippen molar-refractivity contribution in [3.63, 3.8) is 0 Å². The summed E-state index contributed by atoms with van der Waals surface area (Å²) in [6.45, 7) is 2.73. The van der Waals surface area contributed by atoms with Crippen LogP contribution in [-0.2, 0) is 16.0 Å². The first-order valence-corrected chi connectivity index (χ1v) is 10.2. The summed E-state index contributed by atoms with van der Waals surface area (Å²) in [7, 11) is 0. The molecule has 0 saturated carbocycles. The normalized spacial score (nSPS) is 21.5. The molecule has 2 aliphatic rings. The average Bonchev–Trinajstić information content (AvgIpc) is 3.03. The number of anilines is 2. The van der Waals surface area contributed by atoms with E-state index in [0.29, 0.717) is 5.75 Å². The van der Waals surface area contributed by atoms with E-state index in [-0.39, 0.29) is 18.2 Å². The Kier molecular flexibility index (Phi) is 4.83. The molecule has 1 unspecified atom stereocenters. The second-order valence-corrected chi connectivity index (χ2v) is 8.33. The molecule has 27 heavy (non-hydrogen) atoms. The van der Waals surface area contributed by atoms with Crippen molar-refractivity contribution < 1.29 is 9.59 Å². The van der Waals surface area contributed by atoms with E-state index in [2.05, 4.69) is 16.7 Å². The Morgan fingerprint density at radius 3 is 2.78 bits per heavy atom. The van der Waals surface area contributed by atoms with Gasteiger partial charge in [-0.1, -0.05) is 36.4 Å². The number of rotatable bonds is 4. The molecule has 4 rings (SSSR count). The van der Waals surface area contributed by atoms with Crippen molar-refractivity contribution in [1.82, 2.24) is 5.32 Å². The van der Waals surface area contributed by atoms with E-state index in [1.54, 1.807) is 0 Å². The van der Waals surface area contributed by atoms with Crippen LogP contribution in [0.5, 0.6) is 0 Å². The molecule has 2 aliphatic heterocycles. The minimum absolute atomic E-state index is 0.0259. The molecule has 5 nitrogen and oxygen atoms in total. The Morgan fingerprint density at radius 1 is 1.22 bits per heavy atom. The molecule has 0 spiro atoms. The largest absolute Gasteiger partial charge is 0.354 e. The van der Waals surface area contributed by atoms with Gasteiger partial charge in [-0.15, -0.1) is 11.8 Å². The van der Waals surface area contributed by atoms with Crippen LogP contribution in [0.2, 0.25) is 0 Å². The van der Waals surface area contributed by atoms with E-state index >= 15 is 0 Å². The highest BCUT2D eigenvalue weighted by atomic mass is 32.2. The van der Waals surface area contributed by atoms with E-state index in [1.807, 2.05) is 54.3 Å². The van der Waals surface area contributed by atoms with Gasteiger partial charge < -0.3 is 15.5 Å². The Balaban J connectivity index is 1.59. The molecule has 2 heterocycles. The van der Waals surface area contributed by atoms with E-state index in [9.17, 15) is 9.59 Å². The minimum Gasteiger partial charge on any atom is -0.354 e. The second kappa shape index (κ2) is 7.27. The topological polar surface area (TPSA) is 61.4 Å². The summed E-state index contributed by atoms with van der Waals surface area (Å²) in [6.07, 6.45) is 2.16. The maximum atomic E-state index is 13.2. The molecule has 1 atom stereocenters. The molecule has 0 radical (unpaired) electrons. The lowest BCUT2D eigenvalue weighted by Crippen LogP contribution is -2.51. The number of fused-ring (bicyclic) bond motifs is 1. The maximum Gasteiger partial charge on any atom is 0.232 e. The average molecular weight is 382 g/mol. The van der Waals surface area contributed by atoms with Gasteiger partial charge in [0.2, 0.25) is 11.8 Å². The Hall–Kier alpha value is -2.47. The molecule has 2 N–H and O–H groups in total. The lowest BCUT2D eigenvalue weighted by molar-refractivity contribution is -0.120. The summed E-state index contributed by atoms with van der Waals surface area (Å²) in [5, 5.41) is 6.43. The van der Waals surface area contributed by atoms with Crippen LogP contribution in [-0.4, -0.2) is 29.1 Å². The van der Waals surface area contributed by atoms with Crippen LogP contribution in [0.4, 0.5) is 11.4 Å². The van der Waals surface area contributed by atoms with Gasteiger partial charge in [-0.3, -0.25) is 9.59 Å². The Bertz CT molecular complexity index is 885. The lowest BCUT2D eigenvalue weighted by atomic mass is 10.0. The number of nitrogens with one attached hydrogen (secondary N) is 2. The van der Waals surface area contributed by atoms with Crippen LogP contribution in [0, 0.1) is 6.92 Å². The zero-order valence-electron chi connectivity index (χ0n) is 15.3. The first kappa shape index (κ1) is 17.9.